The van der Waals surface area contributed by atoms with Gasteiger partial charge >= 0.3 is 0 Å². The van der Waals surface area contributed by atoms with Gasteiger partial charge in [-0.2, -0.15) is 0 Å². The third-order valence-electron chi connectivity index (χ3n) is 11.1. The van der Waals surface area contributed by atoms with Crippen LogP contribution in [0.1, 0.15) is 90.2 Å². The number of amides is 2. The fourth-order valence-electron chi connectivity index (χ4n) is 8.00. The summed E-state index contributed by atoms with van der Waals surface area (Å²) >= 11 is 8.00. The Morgan fingerprint density at radius 3 is 1.71 bits per heavy atom. The van der Waals surface area contributed by atoms with Crippen LogP contribution in [0.25, 0.3) is 11.4 Å². The van der Waals surface area contributed by atoms with Crippen LogP contribution >= 0.6 is 23.4 Å². The minimum atomic E-state index is -0.581. The number of hydrogen-bond donors (Lipinski definition) is 2. The van der Waals surface area contributed by atoms with Crippen LogP contribution < -0.4 is 20.1 Å². The predicted molar refractivity (Wildman–Crippen MR) is 252 cm³/mol. The summed E-state index contributed by atoms with van der Waals surface area (Å²) < 4.78 is 21.1. The molecule has 15 nitrogen and oxygen atoms in total. The van der Waals surface area contributed by atoms with Crippen LogP contribution in [0.2, 0.25) is 5.02 Å². The Balaban J connectivity index is 0.832. The predicted octanol–water partition coefficient (Wildman–Crippen LogP) is 7.54. The number of carbonyl (C=O) groups is 2. The van der Waals surface area contributed by atoms with E-state index >= 15 is 0 Å². The van der Waals surface area contributed by atoms with E-state index in [9.17, 15) is 9.59 Å². The number of aromatic nitrogens is 6. The lowest BCUT2D eigenvalue weighted by atomic mass is 10.00. The van der Waals surface area contributed by atoms with Gasteiger partial charge in [-0.15, -0.1) is 32.2 Å². The van der Waals surface area contributed by atoms with Gasteiger partial charge in [0.25, 0.3) is 0 Å². The summed E-state index contributed by atoms with van der Waals surface area (Å²) in [6.45, 7) is 7.82. The summed E-state index contributed by atoms with van der Waals surface area (Å²) in [4.78, 5) is 37.7. The Kier molecular flexibility index (Phi) is 14.4. The maximum Gasteiger partial charge on any atom is 0.222 e. The molecule has 2 aromatic heterocycles. The molecule has 0 spiro atoms. The van der Waals surface area contributed by atoms with E-state index in [-0.39, 0.29) is 24.7 Å². The minimum absolute atomic E-state index is 0.0945. The number of benzene rings is 4. The van der Waals surface area contributed by atoms with Gasteiger partial charge in [-0.3, -0.25) is 28.7 Å². The van der Waals surface area contributed by atoms with Crippen LogP contribution in [0, 0.1) is 13.8 Å². The molecule has 2 aliphatic heterocycles. The number of aliphatic imine (C=N–C) groups is 2. The van der Waals surface area contributed by atoms with Crippen LogP contribution in [-0.2, 0) is 14.3 Å². The third-order valence-corrected chi connectivity index (χ3v) is 12.5. The molecule has 2 N–H and O–H groups in total. The molecule has 4 heterocycles. The first-order valence-corrected chi connectivity index (χ1v) is 23.0. The Bertz CT molecular complexity index is 2730. The zero-order chi connectivity index (χ0) is 45.5. The van der Waals surface area contributed by atoms with Crippen LogP contribution in [0.15, 0.2) is 99.8 Å². The standard InChI is InChI=1S/C48H51ClN10O5S/c1-6-50-43(60)27-39-47-56-54-29(2)58(47)42-20-16-35(63-5)26-38(42)46(52-39)32-11-17-36(18-12-32)65-24-8-23-64-22-7-21-51-44(61)28-40-48-57-55-30(3)59(48)41-19-15-34(62-4)25-37(41)45(53-40)31-9-13-33(49)14-10-31/h9-20,25-26,39-40H,6-8,21-24,27-28H2,1-5H3,(H,50,60)(H,51,61)/t39-,40-/m0/s1. The number of fused-ring (bicyclic) bond motifs is 6. The minimum Gasteiger partial charge on any atom is -0.497 e. The molecule has 2 amide bonds. The van der Waals surface area contributed by atoms with Gasteiger partial charge in [0.05, 0.1) is 49.9 Å². The van der Waals surface area contributed by atoms with Crippen LogP contribution in [0.4, 0.5) is 0 Å². The average molecular weight is 916 g/mol. The number of thioether (sulfide) groups is 1. The van der Waals surface area contributed by atoms with Gasteiger partial charge in [0.15, 0.2) is 11.6 Å². The lowest BCUT2D eigenvalue weighted by Gasteiger charge is -2.14. The third kappa shape index (κ3) is 10.1. The molecular weight excluding hydrogens is 864 g/mol. The number of ether oxygens (including phenoxy) is 3. The molecule has 4 aromatic carbocycles. The number of halogens is 1. The van der Waals surface area contributed by atoms with Crippen molar-refractivity contribution < 1.29 is 23.8 Å². The first-order valence-electron chi connectivity index (χ1n) is 21.6. The second-order valence-electron chi connectivity index (χ2n) is 15.5. The summed E-state index contributed by atoms with van der Waals surface area (Å²) in [7, 11) is 3.27. The van der Waals surface area contributed by atoms with Crippen molar-refractivity contribution in [3.63, 3.8) is 0 Å². The lowest BCUT2D eigenvalue weighted by molar-refractivity contribution is -0.122. The van der Waals surface area contributed by atoms with Gasteiger partial charge in [0.1, 0.15) is 35.2 Å². The van der Waals surface area contributed by atoms with Gasteiger partial charge in [0, 0.05) is 64.2 Å². The Labute approximate surface area is 387 Å². The highest BCUT2D eigenvalue weighted by Crippen LogP contribution is 2.36. The number of nitrogens with one attached hydrogen (secondary N) is 2. The van der Waals surface area contributed by atoms with Crippen LogP contribution in [0.3, 0.4) is 0 Å². The van der Waals surface area contributed by atoms with E-state index in [2.05, 4.69) is 55.3 Å². The van der Waals surface area contributed by atoms with Crippen molar-refractivity contribution in [1.29, 1.82) is 0 Å². The van der Waals surface area contributed by atoms with E-state index in [4.69, 9.17) is 35.8 Å². The Morgan fingerprint density at radius 2 is 1.18 bits per heavy atom. The molecule has 8 rings (SSSR count). The molecular formula is C48H51ClN10O5S. The molecule has 0 bridgehead atoms. The van der Waals surface area contributed by atoms with E-state index in [1.165, 1.54) is 0 Å². The van der Waals surface area contributed by atoms with E-state index < -0.39 is 12.1 Å². The van der Waals surface area contributed by atoms with Crippen molar-refractivity contribution in [3.05, 3.63) is 136 Å². The lowest BCUT2D eigenvalue weighted by Crippen LogP contribution is -2.27. The van der Waals surface area contributed by atoms with Gasteiger partial charge in [-0.25, -0.2) is 0 Å². The molecule has 6 aromatic rings. The van der Waals surface area contributed by atoms with Crippen molar-refractivity contribution in [1.82, 2.24) is 40.2 Å². The summed E-state index contributed by atoms with van der Waals surface area (Å²) in [6, 6.07) is 26.4. The van der Waals surface area contributed by atoms with Crippen molar-refractivity contribution >= 4 is 46.6 Å². The second kappa shape index (κ2) is 20.6. The molecule has 65 heavy (non-hydrogen) atoms. The summed E-state index contributed by atoms with van der Waals surface area (Å²) in [6.07, 6.45) is 1.78. The highest BCUT2D eigenvalue weighted by atomic mass is 35.5. The van der Waals surface area contributed by atoms with E-state index in [1.807, 2.05) is 90.6 Å². The molecule has 0 radical (unpaired) electrons. The first-order chi connectivity index (χ1) is 31.6. The number of methoxy groups -OCH3 is 2. The molecule has 2 aliphatic rings. The summed E-state index contributed by atoms with van der Waals surface area (Å²) in [5, 5.41) is 24.2. The number of rotatable bonds is 18. The Morgan fingerprint density at radius 1 is 0.677 bits per heavy atom. The number of carbonyl (C=O) groups excluding carboxylic acids is 2. The molecule has 0 aliphatic carbocycles. The highest BCUT2D eigenvalue weighted by Gasteiger charge is 2.32. The van der Waals surface area contributed by atoms with Crippen LogP contribution in [0.5, 0.6) is 11.5 Å². The summed E-state index contributed by atoms with van der Waals surface area (Å²) in [5.41, 5.74) is 6.70. The van der Waals surface area contributed by atoms with Gasteiger partial charge in [-0.05, 0) is 94.3 Å². The van der Waals surface area contributed by atoms with E-state index in [1.54, 1.807) is 26.0 Å². The van der Waals surface area contributed by atoms with Crippen molar-refractivity contribution in [2.75, 3.05) is 46.3 Å². The molecule has 17 heteroatoms. The van der Waals surface area contributed by atoms with E-state index in [0.29, 0.717) is 78.3 Å². The first kappa shape index (κ1) is 45.2. The van der Waals surface area contributed by atoms with Gasteiger partial charge in [-0.1, -0.05) is 35.9 Å². The fourth-order valence-corrected chi connectivity index (χ4v) is 8.96. The number of aryl methyl sites for hydroxylation is 2. The highest BCUT2D eigenvalue weighted by molar-refractivity contribution is 7.99. The SMILES string of the molecule is CCNC(=O)C[C@@H]1N=C(c2ccc(SCCCOCCCNC(=O)C[C@@H]3N=C(c4ccc(Cl)cc4)c4cc(OC)ccc4-n4c(C)nnc43)cc2)c2cc(OC)ccc2-n2c(C)nnc21. The number of hydrogen-bond acceptors (Lipinski definition) is 12. The molecule has 0 saturated carbocycles. The van der Waals surface area contributed by atoms with Crippen LogP contribution in [-0.4, -0.2) is 99.0 Å². The topological polar surface area (TPSA) is 172 Å². The zero-order valence-electron chi connectivity index (χ0n) is 37.0. The van der Waals surface area contributed by atoms with Crippen molar-refractivity contribution in [2.45, 2.75) is 63.4 Å². The molecule has 0 unspecified atom stereocenters. The number of nitrogens with zero attached hydrogens (tertiary/aromatic N) is 8. The monoisotopic (exact) mass is 914 g/mol. The second-order valence-corrected chi connectivity index (χ2v) is 17.2. The molecule has 0 fully saturated rings. The maximum absolute atomic E-state index is 13.4. The van der Waals surface area contributed by atoms with E-state index in [0.717, 1.165) is 56.4 Å². The average Bonchev–Trinajstić information content (AvgIpc) is 3.82. The molecule has 336 valence electrons. The largest absolute Gasteiger partial charge is 0.497 e. The van der Waals surface area contributed by atoms with Gasteiger partial charge < -0.3 is 24.8 Å². The van der Waals surface area contributed by atoms with Crippen molar-refractivity contribution in [2.24, 2.45) is 9.98 Å². The maximum atomic E-state index is 13.4. The molecule has 2 atom stereocenters. The fraction of sp³-hybridized carbons (Fsp3) is 0.333. The smallest absolute Gasteiger partial charge is 0.222 e. The molecule has 0 saturated heterocycles. The van der Waals surface area contributed by atoms with Gasteiger partial charge in [0.2, 0.25) is 11.8 Å². The quantitative estimate of drug-likeness (QED) is 0.0649. The summed E-state index contributed by atoms with van der Waals surface area (Å²) in [5.74, 6) is 4.64. The Hall–Kier alpha value is -6.36. The zero-order valence-corrected chi connectivity index (χ0v) is 38.6. The normalized spacial score (nSPS) is 15.0. The van der Waals surface area contributed by atoms with Crippen molar-refractivity contribution in [3.8, 4) is 22.9 Å².